The van der Waals surface area contributed by atoms with Crippen molar-refractivity contribution in [2.24, 2.45) is 0 Å². The summed E-state index contributed by atoms with van der Waals surface area (Å²) in [5.74, 6) is 0.624. The molecule has 3 heteroatoms. The zero-order valence-electron chi connectivity index (χ0n) is 18.9. The molecule has 0 amide bonds. The molecule has 2 rings (SSSR count). The molecular formula is C25H37NO2. The molecule has 0 heterocycles. The molecule has 3 nitrogen and oxygen atoms in total. The number of carbonyl (C=O) groups is 1. The molecular weight excluding hydrogens is 346 g/mol. The third-order valence-electron chi connectivity index (χ3n) is 5.23. The number of phenols is 1. The number of hydrogen-bond acceptors (Lipinski definition) is 3. The van der Waals surface area contributed by atoms with Crippen molar-refractivity contribution in [2.45, 2.75) is 71.6 Å². The van der Waals surface area contributed by atoms with Crippen LogP contribution in [0.5, 0.6) is 5.75 Å². The van der Waals surface area contributed by atoms with E-state index in [1.54, 1.807) is 0 Å². The van der Waals surface area contributed by atoms with Gasteiger partial charge in [-0.3, -0.25) is 4.79 Å². The molecule has 0 saturated heterocycles. The topological polar surface area (TPSA) is 40.5 Å². The minimum absolute atomic E-state index is 0.150. The number of carbonyl (C=O) groups excluding carboxylic acids is 1. The molecule has 1 aliphatic rings. The third kappa shape index (κ3) is 5.57. The number of hydrogen-bond donors (Lipinski definition) is 1. The van der Waals surface area contributed by atoms with E-state index in [1.807, 2.05) is 14.1 Å². The van der Waals surface area contributed by atoms with Crippen LogP contribution >= 0.6 is 0 Å². The standard InChI is InChI=1S/C25H37NO2/c1-24(2,3)20-14-17(15-21(23(20)28)25(4,5)6)10-12-22(27)19-11-9-18(13-19)16-26(7)8/h9,13-15,28H,10-12,16H2,1-8H3. The highest BCUT2D eigenvalue weighted by atomic mass is 16.3. The van der Waals surface area contributed by atoms with Crippen molar-refractivity contribution in [1.29, 1.82) is 0 Å². The summed E-state index contributed by atoms with van der Waals surface area (Å²) in [7, 11) is 4.08. The number of phenolic OH excluding ortho intramolecular Hbond substituents is 1. The molecule has 0 spiro atoms. The fourth-order valence-electron chi connectivity index (χ4n) is 3.65. The van der Waals surface area contributed by atoms with Gasteiger partial charge in [-0.1, -0.05) is 65.8 Å². The normalized spacial score (nSPS) is 15.0. The van der Waals surface area contributed by atoms with Gasteiger partial charge in [0.15, 0.2) is 5.78 Å². The van der Waals surface area contributed by atoms with Gasteiger partial charge in [0.1, 0.15) is 5.75 Å². The summed E-state index contributed by atoms with van der Waals surface area (Å²) in [6.45, 7) is 13.6. The molecule has 1 aromatic rings. The van der Waals surface area contributed by atoms with E-state index >= 15 is 0 Å². The van der Waals surface area contributed by atoms with Crippen molar-refractivity contribution in [3.05, 3.63) is 52.1 Å². The first-order valence-corrected chi connectivity index (χ1v) is 10.2. The van der Waals surface area contributed by atoms with Crippen LogP contribution in [0.1, 0.15) is 71.1 Å². The highest BCUT2D eigenvalue weighted by molar-refractivity contribution is 5.97. The van der Waals surface area contributed by atoms with Gasteiger partial charge in [0.25, 0.3) is 0 Å². The highest BCUT2D eigenvalue weighted by Crippen LogP contribution is 2.40. The molecule has 154 valence electrons. The second-order valence-electron chi connectivity index (χ2n) is 10.4. The Hall–Kier alpha value is -1.87. The van der Waals surface area contributed by atoms with Gasteiger partial charge in [0.05, 0.1) is 0 Å². The lowest BCUT2D eigenvalue weighted by Crippen LogP contribution is -2.18. The third-order valence-corrected chi connectivity index (χ3v) is 5.23. The van der Waals surface area contributed by atoms with E-state index in [2.05, 4.69) is 70.7 Å². The number of nitrogens with zero attached hydrogens (tertiary/aromatic N) is 1. The predicted molar refractivity (Wildman–Crippen MR) is 118 cm³/mol. The first kappa shape index (κ1) is 22.4. The number of allylic oxidation sites excluding steroid dienone is 2. The second kappa shape index (κ2) is 8.24. The van der Waals surface area contributed by atoms with Crippen molar-refractivity contribution in [3.63, 3.8) is 0 Å². The van der Waals surface area contributed by atoms with Crippen LogP contribution in [0.3, 0.4) is 0 Å². The van der Waals surface area contributed by atoms with E-state index in [0.717, 1.165) is 35.2 Å². The zero-order valence-corrected chi connectivity index (χ0v) is 18.9. The maximum Gasteiger partial charge on any atom is 0.159 e. The Kier molecular flexibility index (Phi) is 6.60. The number of benzene rings is 1. The first-order chi connectivity index (χ1) is 12.8. The van der Waals surface area contributed by atoms with E-state index in [0.29, 0.717) is 18.6 Å². The molecule has 0 bridgehead atoms. The van der Waals surface area contributed by atoms with Crippen molar-refractivity contribution in [1.82, 2.24) is 4.90 Å². The summed E-state index contributed by atoms with van der Waals surface area (Å²) in [6.07, 6.45) is 6.17. The molecule has 0 saturated carbocycles. The minimum Gasteiger partial charge on any atom is -0.507 e. The Morgan fingerprint density at radius 2 is 1.57 bits per heavy atom. The average Bonchev–Trinajstić information content (AvgIpc) is 2.99. The van der Waals surface area contributed by atoms with Crippen molar-refractivity contribution in [3.8, 4) is 5.75 Å². The van der Waals surface area contributed by atoms with Crippen LogP contribution in [0.2, 0.25) is 0 Å². The quantitative estimate of drug-likeness (QED) is 0.724. The van der Waals surface area contributed by atoms with Crippen LogP contribution in [-0.2, 0) is 22.0 Å². The van der Waals surface area contributed by atoms with Crippen LogP contribution in [0, 0.1) is 0 Å². The van der Waals surface area contributed by atoms with Crippen LogP contribution in [-0.4, -0.2) is 36.4 Å². The Labute approximate surface area is 171 Å². The zero-order chi connectivity index (χ0) is 21.3. The van der Waals surface area contributed by atoms with Crippen LogP contribution in [0.15, 0.2) is 35.4 Å². The van der Waals surface area contributed by atoms with Gasteiger partial charge in [-0.15, -0.1) is 0 Å². The summed E-state index contributed by atoms with van der Waals surface area (Å²) in [5.41, 5.74) is 4.88. The van der Waals surface area contributed by atoms with Crippen LogP contribution < -0.4 is 0 Å². The summed E-state index contributed by atoms with van der Waals surface area (Å²) in [5, 5.41) is 10.8. The molecule has 0 radical (unpaired) electrons. The lowest BCUT2D eigenvalue weighted by Gasteiger charge is -2.28. The maximum atomic E-state index is 12.7. The second-order valence-corrected chi connectivity index (χ2v) is 10.4. The van der Waals surface area contributed by atoms with Gasteiger partial charge in [-0.05, 0) is 65.6 Å². The predicted octanol–water partition coefficient (Wildman–Crippen LogP) is 5.31. The van der Waals surface area contributed by atoms with Gasteiger partial charge in [0.2, 0.25) is 0 Å². The molecule has 0 unspecified atom stereocenters. The Morgan fingerprint density at radius 1 is 1.04 bits per heavy atom. The van der Waals surface area contributed by atoms with E-state index in [4.69, 9.17) is 0 Å². The van der Waals surface area contributed by atoms with Gasteiger partial charge in [0, 0.05) is 13.0 Å². The molecule has 1 aromatic carbocycles. The molecule has 0 aromatic heterocycles. The Balaban J connectivity index is 2.19. The number of ketones is 1. The van der Waals surface area contributed by atoms with Gasteiger partial charge in [-0.25, -0.2) is 0 Å². The fourth-order valence-corrected chi connectivity index (χ4v) is 3.65. The summed E-state index contributed by atoms with van der Waals surface area (Å²) < 4.78 is 0. The molecule has 0 atom stereocenters. The van der Waals surface area contributed by atoms with E-state index in [9.17, 15) is 9.90 Å². The Bertz CT molecular complexity index is 764. The lowest BCUT2D eigenvalue weighted by atomic mass is 9.78. The summed E-state index contributed by atoms with van der Waals surface area (Å²) in [6, 6.07) is 4.16. The molecule has 1 aliphatic carbocycles. The van der Waals surface area contributed by atoms with Crippen LogP contribution in [0.4, 0.5) is 0 Å². The van der Waals surface area contributed by atoms with E-state index < -0.39 is 0 Å². The Morgan fingerprint density at radius 3 is 2.04 bits per heavy atom. The smallest absolute Gasteiger partial charge is 0.159 e. The van der Waals surface area contributed by atoms with E-state index in [-0.39, 0.29) is 16.6 Å². The highest BCUT2D eigenvalue weighted by Gasteiger charge is 2.26. The number of aryl methyl sites for hydroxylation is 1. The maximum absolute atomic E-state index is 12.7. The van der Waals surface area contributed by atoms with Crippen molar-refractivity contribution in [2.75, 3.05) is 20.6 Å². The summed E-state index contributed by atoms with van der Waals surface area (Å²) in [4.78, 5) is 14.8. The van der Waals surface area contributed by atoms with Crippen molar-refractivity contribution >= 4 is 5.78 Å². The van der Waals surface area contributed by atoms with Crippen molar-refractivity contribution < 1.29 is 9.90 Å². The van der Waals surface area contributed by atoms with E-state index in [1.165, 1.54) is 5.57 Å². The van der Waals surface area contributed by atoms with Crippen LogP contribution in [0.25, 0.3) is 0 Å². The molecule has 0 fully saturated rings. The largest absolute Gasteiger partial charge is 0.507 e. The fraction of sp³-hybridized carbons (Fsp3) is 0.560. The van der Waals surface area contributed by atoms with Gasteiger partial charge < -0.3 is 10.0 Å². The SMILES string of the molecule is CN(C)CC1=CCC(C(=O)CCc2cc(C(C)(C)C)c(O)c(C(C)(C)C)c2)=C1. The number of Topliss-reactive ketones (excluding diaryl/α,β-unsaturated/α-hetero) is 1. The molecule has 1 N–H and O–H groups in total. The number of rotatable bonds is 6. The number of aromatic hydroxyl groups is 1. The van der Waals surface area contributed by atoms with Gasteiger partial charge in [-0.2, -0.15) is 0 Å². The number of likely N-dealkylation sites (N-methyl/N-ethyl adjacent to an activating group) is 1. The minimum atomic E-state index is -0.150. The van der Waals surface area contributed by atoms with Gasteiger partial charge >= 0.3 is 0 Å². The average molecular weight is 384 g/mol. The monoisotopic (exact) mass is 383 g/mol. The molecule has 28 heavy (non-hydrogen) atoms. The first-order valence-electron chi connectivity index (χ1n) is 10.2. The summed E-state index contributed by atoms with van der Waals surface area (Å²) >= 11 is 0. The lowest BCUT2D eigenvalue weighted by molar-refractivity contribution is -0.115. The molecule has 0 aliphatic heterocycles.